The average Bonchev–Trinajstić information content (AvgIpc) is 2.83. The SMILES string of the molecule is Cl.Cn1nnc2c1C(COCc1cccnc1)CNC2. The molecule has 108 valence electrons. The van der Waals surface area contributed by atoms with E-state index in [1.807, 2.05) is 30.1 Å². The maximum Gasteiger partial charge on any atom is 0.100 e. The van der Waals surface area contributed by atoms with Crippen molar-refractivity contribution in [2.45, 2.75) is 19.1 Å². The molecule has 6 nitrogen and oxygen atoms in total. The van der Waals surface area contributed by atoms with Crippen molar-refractivity contribution in [1.82, 2.24) is 25.3 Å². The standard InChI is InChI=1S/C13H17N5O.ClH/c1-18-13-11(6-15-7-12(13)16-17-18)9-19-8-10-3-2-4-14-5-10;/h2-5,11,15H,6-9H2,1H3;1H. The summed E-state index contributed by atoms with van der Waals surface area (Å²) in [6.07, 6.45) is 3.60. The topological polar surface area (TPSA) is 64.9 Å². The number of hydrogen-bond donors (Lipinski definition) is 1. The molecule has 20 heavy (non-hydrogen) atoms. The van der Waals surface area contributed by atoms with Gasteiger partial charge in [0.05, 0.1) is 18.9 Å². The molecule has 0 bridgehead atoms. The summed E-state index contributed by atoms with van der Waals surface area (Å²) in [7, 11) is 1.94. The molecule has 0 aliphatic carbocycles. The van der Waals surface area contributed by atoms with Crippen molar-refractivity contribution in [3.05, 3.63) is 41.5 Å². The van der Waals surface area contributed by atoms with E-state index in [1.165, 1.54) is 5.69 Å². The first-order valence-corrected chi connectivity index (χ1v) is 6.40. The van der Waals surface area contributed by atoms with Crippen LogP contribution in [-0.4, -0.2) is 33.1 Å². The van der Waals surface area contributed by atoms with Gasteiger partial charge < -0.3 is 10.1 Å². The first-order chi connectivity index (χ1) is 9.34. The number of hydrogen-bond acceptors (Lipinski definition) is 5. The summed E-state index contributed by atoms with van der Waals surface area (Å²) >= 11 is 0. The molecule has 0 fully saturated rings. The predicted molar refractivity (Wildman–Crippen MR) is 76.6 cm³/mol. The zero-order valence-electron chi connectivity index (χ0n) is 11.3. The molecule has 0 radical (unpaired) electrons. The molecule has 1 aliphatic rings. The van der Waals surface area contributed by atoms with Gasteiger partial charge in [0, 0.05) is 38.4 Å². The summed E-state index contributed by atoms with van der Waals surface area (Å²) in [5.74, 6) is 0.306. The van der Waals surface area contributed by atoms with Crippen LogP contribution < -0.4 is 5.32 Å². The van der Waals surface area contributed by atoms with E-state index in [0.29, 0.717) is 19.1 Å². The molecule has 1 atom stereocenters. The van der Waals surface area contributed by atoms with Gasteiger partial charge in [0.15, 0.2) is 0 Å². The van der Waals surface area contributed by atoms with Gasteiger partial charge in [-0.05, 0) is 11.6 Å². The second kappa shape index (κ2) is 6.78. The Hall–Kier alpha value is -1.50. The van der Waals surface area contributed by atoms with Crippen LogP contribution in [-0.2, 0) is 24.9 Å². The average molecular weight is 296 g/mol. The van der Waals surface area contributed by atoms with Crippen LogP contribution in [0.5, 0.6) is 0 Å². The van der Waals surface area contributed by atoms with Crippen molar-refractivity contribution in [3.63, 3.8) is 0 Å². The van der Waals surface area contributed by atoms with E-state index in [1.54, 1.807) is 6.20 Å². The molecule has 1 unspecified atom stereocenters. The van der Waals surface area contributed by atoms with Crippen molar-refractivity contribution in [3.8, 4) is 0 Å². The molecule has 2 aromatic rings. The monoisotopic (exact) mass is 295 g/mol. The molecule has 0 spiro atoms. The molecule has 3 heterocycles. The number of halogens is 1. The van der Waals surface area contributed by atoms with Crippen LogP contribution in [0.15, 0.2) is 24.5 Å². The van der Waals surface area contributed by atoms with Crippen LogP contribution in [0, 0.1) is 0 Å². The summed E-state index contributed by atoms with van der Waals surface area (Å²) in [6, 6.07) is 3.94. The Morgan fingerprint density at radius 2 is 2.40 bits per heavy atom. The summed E-state index contributed by atoms with van der Waals surface area (Å²) in [4.78, 5) is 4.08. The Morgan fingerprint density at radius 3 is 3.20 bits per heavy atom. The van der Waals surface area contributed by atoms with Gasteiger partial charge in [0.2, 0.25) is 0 Å². The number of nitrogens with one attached hydrogen (secondary N) is 1. The highest BCUT2D eigenvalue weighted by Gasteiger charge is 2.25. The highest BCUT2D eigenvalue weighted by atomic mass is 35.5. The molecule has 1 aliphatic heterocycles. The van der Waals surface area contributed by atoms with Crippen molar-refractivity contribution in [2.75, 3.05) is 13.2 Å². The van der Waals surface area contributed by atoms with Crippen molar-refractivity contribution in [1.29, 1.82) is 0 Å². The molecular formula is C13H18ClN5O. The summed E-state index contributed by atoms with van der Waals surface area (Å²) < 4.78 is 7.65. The number of aromatic nitrogens is 4. The number of pyridine rings is 1. The van der Waals surface area contributed by atoms with Gasteiger partial charge in [-0.2, -0.15) is 0 Å². The van der Waals surface area contributed by atoms with Gasteiger partial charge in [-0.25, -0.2) is 0 Å². The smallest absolute Gasteiger partial charge is 0.100 e. The molecule has 3 rings (SSSR count). The first kappa shape index (κ1) is 14.9. The number of fused-ring (bicyclic) bond motifs is 1. The van der Waals surface area contributed by atoms with Gasteiger partial charge >= 0.3 is 0 Å². The molecule has 1 N–H and O–H groups in total. The van der Waals surface area contributed by atoms with Gasteiger partial charge in [-0.3, -0.25) is 9.67 Å². The highest BCUT2D eigenvalue weighted by Crippen LogP contribution is 2.22. The third-order valence-corrected chi connectivity index (χ3v) is 3.32. The summed E-state index contributed by atoms with van der Waals surface area (Å²) in [6.45, 7) is 2.95. The molecule has 0 aromatic carbocycles. The van der Waals surface area contributed by atoms with E-state index in [4.69, 9.17) is 4.74 Å². The fraction of sp³-hybridized carbons (Fsp3) is 0.462. The van der Waals surface area contributed by atoms with Crippen molar-refractivity contribution in [2.24, 2.45) is 7.05 Å². The van der Waals surface area contributed by atoms with E-state index in [9.17, 15) is 0 Å². The largest absolute Gasteiger partial charge is 0.376 e. The first-order valence-electron chi connectivity index (χ1n) is 6.40. The summed E-state index contributed by atoms with van der Waals surface area (Å²) in [5.41, 5.74) is 3.31. The lowest BCUT2D eigenvalue weighted by Gasteiger charge is -2.23. The fourth-order valence-electron chi connectivity index (χ4n) is 2.43. The number of nitrogens with zero attached hydrogens (tertiary/aromatic N) is 4. The highest BCUT2D eigenvalue weighted by molar-refractivity contribution is 5.85. The number of rotatable bonds is 4. The van der Waals surface area contributed by atoms with E-state index in [0.717, 1.165) is 24.3 Å². The molecule has 7 heteroatoms. The predicted octanol–water partition coefficient (Wildman–Crippen LogP) is 1.04. The Labute approximate surface area is 124 Å². The number of ether oxygens (including phenoxy) is 1. The maximum absolute atomic E-state index is 5.79. The molecule has 0 amide bonds. The normalized spacial score (nSPS) is 17.4. The lowest BCUT2D eigenvalue weighted by Crippen LogP contribution is -2.31. The van der Waals surface area contributed by atoms with Gasteiger partial charge in [0.25, 0.3) is 0 Å². The Morgan fingerprint density at radius 1 is 1.50 bits per heavy atom. The van der Waals surface area contributed by atoms with Gasteiger partial charge in [0.1, 0.15) is 5.69 Å². The third kappa shape index (κ3) is 3.15. The second-order valence-electron chi connectivity index (χ2n) is 4.75. The van der Waals surface area contributed by atoms with Crippen LogP contribution in [0.2, 0.25) is 0 Å². The molecule has 2 aromatic heterocycles. The Bertz CT molecular complexity index is 545. The van der Waals surface area contributed by atoms with E-state index in [2.05, 4.69) is 20.6 Å². The molecule has 0 saturated carbocycles. The van der Waals surface area contributed by atoms with Crippen LogP contribution in [0.25, 0.3) is 0 Å². The molecule has 0 saturated heterocycles. The second-order valence-corrected chi connectivity index (χ2v) is 4.75. The quantitative estimate of drug-likeness (QED) is 0.913. The zero-order valence-corrected chi connectivity index (χ0v) is 12.1. The Balaban J connectivity index is 0.00000147. The lowest BCUT2D eigenvalue weighted by molar-refractivity contribution is 0.102. The fourth-order valence-corrected chi connectivity index (χ4v) is 2.43. The van der Waals surface area contributed by atoms with E-state index in [-0.39, 0.29) is 12.4 Å². The van der Waals surface area contributed by atoms with Gasteiger partial charge in [-0.1, -0.05) is 11.3 Å². The van der Waals surface area contributed by atoms with E-state index >= 15 is 0 Å². The zero-order chi connectivity index (χ0) is 13.1. The minimum atomic E-state index is 0. The third-order valence-electron chi connectivity index (χ3n) is 3.32. The van der Waals surface area contributed by atoms with Crippen LogP contribution >= 0.6 is 12.4 Å². The lowest BCUT2D eigenvalue weighted by atomic mass is 10.0. The van der Waals surface area contributed by atoms with E-state index < -0.39 is 0 Å². The maximum atomic E-state index is 5.79. The minimum Gasteiger partial charge on any atom is -0.376 e. The van der Waals surface area contributed by atoms with Crippen LogP contribution in [0.1, 0.15) is 22.9 Å². The van der Waals surface area contributed by atoms with Crippen LogP contribution in [0.3, 0.4) is 0 Å². The summed E-state index contributed by atoms with van der Waals surface area (Å²) in [5, 5.41) is 11.6. The van der Waals surface area contributed by atoms with Crippen LogP contribution in [0.4, 0.5) is 0 Å². The number of aryl methyl sites for hydroxylation is 1. The van der Waals surface area contributed by atoms with Crippen molar-refractivity contribution >= 4 is 12.4 Å². The Kier molecular flexibility index (Phi) is 5.05. The van der Waals surface area contributed by atoms with Gasteiger partial charge in [-0.15, -0.1) is 17.5 Å². The minimum absolute atomic E-state index is 0. The van der Waals surface area contributed by atoms with Crippen molar-refractivity contribution < 1.29 is 4.74 Å². The molecular weight excluding hydrogens is 278 g/mol.